The van der Waals surface area contributed by atoms with Crippen LogP contribution in [0.5, 0.6) is 0 Å². The number of thiazole rings is 1. The molecule has 39 heavy (non-hydrogen) atoms. The van der Waals surface area contributed by atoms with Crippen LogP contribution in [0.2, 0.25) is 0 Å². The third kappa shape index (κ3) is 4.42. The number of piperidine rings is 3. The molecule has 6 rings (SSSR count). The van der Waals surface area contributed by atoms with Crippen LogP contribution in [0.4, 0.5) is 15.9 Å². The highest BCUT2D eigenvalue weighted by molar-refractivity contribution is 7.18. The van der Waals surface area contributed by atoms with Gasteiger partial charge in [-0.2, -0.15) is 0 Å². The lowest BCUT2D eigenvalue weighted by atomic mass is 9.69. The predicted octanol–water partition coefficient (Wildman–Crippen LogP) is 4.42. The summed E-state index contributed by atoms with van der Waals surface area (Å²) in [4.78, 5) is 38.1. The van der Waals surface area contributed by atoms with Gasteiger partial charge in [0.25, 0.3) is 0 Å². The molecule has 2 amide bonds. The summed E-state index contributed by atoms with van der Waals surface area (Å²) in [5.74, 6) is 0.0271. The minimum absolute atomic E-state index is 0.104. The van der Waals surface area contributed by atoms with Gasteiger partial charge in [0.15, 0.2) is 5.67 Å². The second-order valence-electron chi connectivity index (χ2n) is 11.8. The van der Waals surface area contributed by atoms with Crippen LogP contribution in [0.25, 0.3) is 10.2 Å². The van der Waals surface area contributed by atoms with E-state index in [9.17, 15) is 9.59 Å². The van der Waals surface area contributed by atoms with Crippen molar-refractivity contribution in [1.82, 2.24) is 14.9 Å². The van der Waals surface area contributed by atoms with E-state index in [0.29, 0.717) is 60.7 Å². The van der Waals surface area contributed by atoms with Gasteiger partial charge >= 0.3 is 11.8 Å². The van der Waals surface area contributed by atoms with Crippen LogP contribution in [-0.4, -0.2) is 64.4 Å². The van der Waals surface area contributed by atoms with E-state index in [4.69, 9.17) is 10.7 Å². The van der Waals surface area contributed by atoms with Gasteiger partial charge in [0.05, 0.1) is 41.1 Å². The van der Waals surface area contributed by atoms with Crippen LogP contribution in [0.3, 0.4) is 0 Å². The van der Waals surface area contributed by atoms with Crippen molar-refractivity contribution in [3.05, 3.63) is 46.6 Å². The molecular formula is C29H36FN6O2S+. The molecule has 3 saturated heterocycles. The first-order valence-electron chi connectivity index (χ1n) is 13.9. The normalized spacial score (nSPS) is 28.2. The number of alkyl halides is 1. The van der Waals surface area contributed by atoms with E-state index in [1.807, 2.05) is 32.2 Å². The highest BCUT2D eigenvalue weighted by atomic mass is 32.1. The van der Waals surface area contributed by atoms with Crippen LogP contribution in [0, 0.1) is 11.8 Å². The molecule has 3 aromatic rings. The van der Waals surface area contributed by atoms with Crippen molar-refractivity contribution in [2.24, 2.45) is 11.8 Å². The molecule has 0 saturated carbocycles. The van der Waals surface area contributed by atoms with Crippen molar-refractivity contribution < 1.29 is 18.5 Å². The lowest BCUT2D eigenvalue weighted by Gasteiger charge is -2.59. The summed E-state index contributed by atoms with van der Waals surface area (Å²) >= 11 is 1.43. The average Bonchev–Trinajstić information content (AvgIpc) is 3.35. The van der Waals surface area contributed by atoms with E-state index in [1.165, 1.54) is 17.5 Å². The summed E-state index contributed by atoms with van der Waals surface area (Å²) in [5, 5.41) is 3.33. The molecule has 10 heteroatoms. The number of nitrogen functional groups attached to an aromatic ring is 1. The van der Waals surface area contributed by atoms with Crippen molar-refractivity contribution in [2.75, 3.05) is 44.3 Å². The number of quaternary nitrogens is 1. The third-order valence-corrected chi connectivity index (χ3v) is 10.3. The van der Waals surface area contributed by atoms with Gasteiger partial charge in [-0.3, -0.25) is 4.79 Å². The first kappa shape index (κ1) is 26.3. The van der Waals surface area contributed by atoms with Crippen molar-refractivity contribution >= 4 is 44.9 Å². The van der Waals surface area contributed by atoms with Gasteiger partial charge in [0, 0.05) is 37.4 Å². The molecular weight excluding hydrogens is 515 g/mol. The van der Waals surface area contributed by atoms with Gasteiger partial charge in [0.1, 0.15) is 16.9 Å². The number of hydrogen-bond donors (Lipinski definition) is 2. The van der Waals surface area contributed by atoms with Gasteiger partial charge in [-0.05, 0) is 43.7 Å². The molecule has 3 fully saturated rings. The molecule has 3 N–H and O–H groups in total. The molecule has 1 aromatic carbocycles. The Morgan fingerprint density at radius 3 is 2.77 bits per heavy atom. The maximum absolute atomic E-state index is 15.8. The number of anilines is 2. The molecule has 2 bridgehead atoms. The number of benzene rings is 1. The third-order valence-electron chi connectivity index (χ3n) is 9.04. The second-order valence-corrected chi connectivity index (χ2v) is 12.9. The monoisotopic (exact) mass is 551 g/mol. The summed E-state index contributed by atoms with van der Waals surface area (Å²) in [7, 11) is 2.02. The number of aryl methyl sites for hydroxylation is 1. The number of nitrogens with two attached hydrogens (primary N) is 1. The number of rotatable bonds is 4. The average molecular weight is 552 g/mol. The molecule has 0 radical (unpaired) electrons. The highest BCUT2D eigenvalue weighted by Crippen LogP contribution is 2.54. The highest BCUT2D eigenvalue weighted by Gasteiger charge is 2.64. The Bertz CT molecular complexity index is 1450. The smallest absolute Gasteiger partial charge is 0.383 e. The fourth-order valence-electron chi connectivity index (χ4n) is 7.05. The molecule has 3 aliphatic rings. The maximum Gasteiger partial charge on any atom is 0.404 e. The number of nitrogens with zero attached hydrogens (tertiary/aromatic N) is 4. The molecule has 0 spiro atoms. The van der Waals surface area contributed by atoms with Gasteiger partial charge < -0.3 is 16.0 Å². The number of amides is 2. The maximum atomic E-state index is 15.8. The van der Waals surface area contributed by atoms with E-state index in [-0.39, 0.29) is 10.5 Å². The molecule has 8 nitrogen and oxygen atoms in total. The molecule has 2 unspecified atom stereocenters. The van der Waals surface area contributed by atoms with Crippen molar-refractivity contribution in [3.8, 4) is 0 Å². The van der Waals surface area contributed by atoms with Crippen LogP contribution in [-0.2, 0) is 21.7 Å². The number of halogens is 1. The van der Waals surface area contributed by atoms with E-state index < -0.39 is 17.5 Å². The van der Waals surface area contributed by atoms with Crippen LogP contribution < -0.4 is 11.1 Å². The van der Waals surface area contributed by atoms with Gasteiger partial charge in [-0.15, -0.1) is 11.3 Å². The second kappa shape index (κ2) is 9.60. The minimum Gasteiger partial charge on any atom is -0.383 e. The van der Waals surface area contributed by atoms with Crippen LogP contribution in [0.1, 0.15) is 55.3 Å². The Kier molecular flexibility index (Phi) is 6.47. The largest absolute Gasteiger partial charge is 0.404 e. The molecule has 5 heterocycles. The zero-order valence-corrected chi connectivity index (χ0v) is 23.6. The number of carbonyl (C=O) groups excluding carboxylic acids is 2. The number of fused-ring (bicyclic) bond motifs is 3. The number of pyridine rings is 1. The number of aromatic nitrogens is 2. The Hall–Kier alpha value is -2.95. The summed E-state index contributed by atoms with van der Waals surface area (Å²) in [6.07, 6.45) is 4.09. The van der Waals surface area contributed by atoms with E-state index in [0.717, 1.165) is 40.9 Å². The Balaban J connectivity index is 1.28. The number of likely N-dealkylation sites (tertiary alicyclic amines) is 1. The fourth-order valence-corrected chi connectivity index (χ4v) is 8.14. The van der Waals surface area contributed by atoms with Crippen molar-refractivity contribution in [1.29, 1.82) is 0 Å². The van der Waals surface area contributed by atoms with Crippen LogP contribution in [0.15, 0.2) is 30.5 Å². The standard InChI is InChI=1S/C29H35FN6O2S/c1-4-18-12-21(14-32-25(18)31)33-26(37)27(38)36-15-17(2)11-20(16-36)24(36)19-5-6-23-22(13-19)34-28(39-23)29(30)7-9-35(3)10-8-29/h5-6,12-14,17,20,24H,4,7-11,15-16H2,1-3H3,(H2-,31,32,33,37,38)/p+1/t17-,20?,24-,36?/m0/s1. The van der Waals surface area contributed by atoms with Gasteiger partial charge in [-0.1, -0.05) is 19.9 Å². The van der Waals surface area contributed by atoms with Crippen molar-refractivity contribution in [3.63, 3.8) is 0 Å². The van der Waals surface area contributed by atoms with E-state index in [2.05, 4.69) is 22.1 Å². The fraction of sp³-hybridized carbons (Fsp3) is 0.517. The zero-order chi connectivity index (χ0) is 27.5. The van der Waals surface area contributed by atoms with Gasteiger partial charge in [0.2, 0.25) is 0 Å². The summed E-state index contributed by atoms with van der Waals surface area (Å²) < 4.78 is 16.9. The van der Waals surface area contributed by atoms with E-state index >= 15 is 4.39 Å². The summed E-state index contributed by atoms with van der Waals surface area (Å²) in [6, 6.07) is 7.75. The Morgan fingerprint density at radius 1 is 1.26 bits per heavy atom. The number of carbonyl (C=O) groups is 2. The molecule has 3 aliphatic heterocycles. The first-order valence-corrected chi connectivity index (χ1v) is 14.7. The predicted molar refractivity (Wildman–Crippen MR) is 151 cm³/mol. The molecule has 2 aromatic heterocycles. The minimum atomic E-state index is -1.39. The summed E-state index contributed by atoms with van der Waals surface area (Å²) in [5.41, 5.74) is 7.60. The molecule has 0 aliphatic carbocycles. The lowest BCUT2D eigenvalue weighted by molar-refractivity contribution is -0.949. The number of nitrogens with one attached hydrogen (secondary N) is 1. The summed E-state index contributed by atoms with van der Waals surface area (Å²) in [6.45, 7) is 6.83. The first-order chi connectivity index (χ1) is 18.6. The quantitative estimate of drug-likeness (QED) is 0.368. The van der Waals surface area contributed by atoms with Gasteiger partial charge in [-0.25, -0.2) is 23.6 Å². The number of hydrogen-bond acceptors (Lipinski definition) is 7. The lowest BCUT2D eigenvalue weighted by Crippen LogP contribution is -2.74. The Labute approximate surface area is 232 Å². The SMILES string of the molecule is CCc1cc(NC(=O)C(=O)[N+]23CC(C[C@H](C)C2)[C@@H]3c2ccc3sc(C4(F)CCN(C)CC4)nc3c2)cnc1N. The Morgan fingerprint density at radius 2 is 2.03 bits per heavy atom. The molecule has 4 atom stereocenters. The van der Waals surface area contributed by atoms with E-state index in [1.54, 1.807) is 6.07 Å². The topological polar surface area (TPSA) is 101 Å². The van der Waals surface area contributed by atoms with Crippen LogP contribution >= 0.6 is 11.3 Å². The molecule has 206 valence electrons. The zero-order valence-electron chi connectivity index (χ0n) is 22.7. The van der Waals surface area contributed by atoms with Crippen molar-refractivity contribution in [2.45, 2.75) is 51.2 Å².